The number of aryl methyl sites for hydroxylation is 1. The molecule has 100 valence electrons. The number of ether oxygens (including phenoxy) is 1. The highest BCUT2D eigenvalue weighted by atomic mass is 79.9. The highest BCUT2D eigenvalue weighted by Crippen LogP contribution is 2.11. The minimum absolute atomic E-state index is 0.179. The number of unbranched alkanes of at least 4 members (excludes halogenated alkanes) is 3. The summed E-state index contributed by atoms with van der Waals surface area (Å²) in [6.07, 6.45) is 5.64. The molecule has 0 bridgehead atoms. The summed E-state index contributed by atoms with van der Waals surface area (Å²) in [5, 5.41) is 0.920. The minimum atomic E-state index is -0.179. The van der Waals surface area contributed by atoms with Crippen LogP contribution < -0.4 is 0 Å². The van der Waals surface area contributed by atoms with Crippen LogP contribution in [0.25, 0.3) is 0 Å². The Morgan fingerprint density at radius 3 is 2.28 bits per heavy atom. The standard InChI is InChI=1S/C15H21BrO2/c1-13(17)18-11-5-3-2-4-6-14-7-9-15(12-16)10-8-14/h7-10H,2-6,11-12H2,1H3. The summed E-state index contributed by atoms with van der Waals surface area (Å²) in [5.41, 5.74) is 2.72. The Labute approximate surface area is 118 Å². The van der Waals surface area contributed by atoms with Gasteiger partial charge in [-0.3, -0.25) is 4.79 Å². The molecule has 0 aliphatic carbocycles. The molecule has 0 aliphatic heterocycles. The van der Waals surface area contributed by atoms with Gasteiger partial charge in [0.1, 0.15) is 0 Å². The Bertz CT molecular complexity index is 346. The third-order valence-electron chi connectivity index (χ3n) is 2.84. The fourth-order valence-electron chi connectivity index (χ4n) is 1.80. The van der Waals surface area contributed by atoms with Crippen molar-refractivity contribution in [3.63, 3.8) is 0 Å². The maximum absolute atomic E-state index is 10.5. The smallest absolute Gasteiger partial charge is 0.302 e. The van der Waals surface area contributed by atoms with Crippen molar-refractivity contribution >= 4 is 21.9 Å². The van der Waals surface area contributed by atoms with Gasteiger partial charge in [-0.25, -0.2) is 0 Å². The predicted octanol–water partition coefficient (Wildman–Crippen LogP) is 4.25. The molecule has 0 amide bonds. The first-order valence-electron chi connectivity index (χ1n) is 6.49. The SMILES string of the molecule is CC(=O)OCCCCCCc1ccc(CBr)cc1. The summed E-state index contributed by atoms with van der Waals surface area (Å²) in [7, 11) is 0. The Kier molecular flexibility index (Phi) is 7.74. The van der Waals surface area contributed by atoms with E-state index in [0.29, 0.717) is 6.61 Å². The van der Waals surface area contributed by atoms with Crippen molar-refractivity contribution in [2.75, 3.05) is 6.61 Å². The number of hydrogen-bond acceptors (Lipinski definition) is 2. The molecule has 1 aromatic rings. The van der Waals surface area contributed by atoms with Gasteiger partial charge in [0, 0.05) is 12.3 Å². The van der Waals surface area contributed by atoms with Crippen LogP contribution in [-0.2, 0) is 21.3 Å². The molecule has 0 unspecified atom stereocenters. The minimum Gasteiger partial charge on any atom is -0.466 e. The first-order chi connectivity index (χ1) is 8.72. The average Bonchev–Trinajstić information content (AvgIpc) is 2.38. The maximum Gasteiger partial charge on any atom is 0.302 e. The monoisotopic (exact) mass is 312 g/mol. The Hall–Kier alpha value is -0.830. The molecule has 0 aliphatic rings. The molecule has 0 spiro atoms. The van der Waals surface area contributed by atoms with Crippen LogP contribution in [0.1, 0.15) is 43.7 Å². The van der Waals surface area contributed by atoms with Crippen molar-refractivity contribution in [1.29, 1.82) is 0 Å². The second kappa shape index (κ2) is 9.15. The lowest BCUT2D eigenvalue weighted by Crippen LogP contribution is -2.00. The van der Waals surface area contributed by atoms with Crippen LogP contribution in [-0.4, -0.2) is 12.6 Å². The van der Waals surface area contributed by atoms with Crippen LogP contribution in [0.2, 0.25) is 0 Å². The average molecular weight is 313 g/mol. The van der Waals surface area contributed by atoms with E-state index in [0.717, 1.165) is 24.6 Å². The van der Waals surface area contributed by atoms with Crippen molar-refractivity contribution in [2.45, 2.75) is 44.4 Å². The van der Waals surface area contributed by atoms with Crippen LogP contribution in [0.5, 0.6) is 0 Å². The molecule has 0 saturated heterocycles. The van der Waals surface area contributed by atoms with Crippen LogP contribution in [0.3, 0.4) is 0 Å². The van der Waals surface area contributed by atoms with Crippen LogP contribution in [0.15, 0.2) is 24.3 Å². The third kappa shape index (κ3) is 6.80. The Balaban J connectivity index is 2.05. The summed E-state index contributed by atoms with van der Waals surface area (Å²) < 4.78 is 4.89. The number of carbonyl (C=O) groups excluding carboxylic acids is 1. The van der Waals surface area contributed by atoms with E-state index in [1.807, 2.05) is 0 Å². The molecular weight excluding hydrogens is 292 g/mol. The van der Waals surface area contributed by atoms with E-state index in [1.54, 1.807) is 0 Å². The number of hydrogen-bond donors (Lipinski definition) is 0. The van der Waals surface area contributed by atoms with Gasteiger partial charge in [-0.1, -0.05) is 53.0 Å². The van der Waals surface area contributed by atoms with Crippen LogP contribution >= 0.6 is 15.9 Å². The van der Waals surface area contributed by atoms with E-state index in [4.69, 9.17) is 4.74 Å². The van der Waals surface area contributed by atoms with Gasteiger partial charge in [-0.15, -0.1) is 0 Å². The van der Waals surface area contributed by atoms with Crippen LogP contribution in [0, 0.1) is 0 Å². The summed E-state index contributed by atoms with van der Waals surface area (Å²) >= 11 is 3.44. The summed E-state index contributed by atoms with van der Waals surface area (Å²) in [6.45, 7) is 2.02. The predicted molar refractivity (Wildman–Crippen MR) is 77.9 cm³/mol. The second-order valence-corrected chi connectivity index (χ2v) is 5.02. The van der Waals surface area contributed by atoms with Gasteiger partial charge in [0.15, 0.2) is 0 Å². The van der Waals surface area contributed by atoms with Crippen LogP contribution in [0.4, 0.5) is 0 Å². The number of halogens is 1. The normalized spacial score (nSPS) is 10.3. The molecule has 3 heteroatoms. The number of carbonyl (C=O) groups is 1. The van der Waals surface area contributed by atoms with E-state index in [2.05, 4.69) is 40.2 Å². The summed E-state index contributed by atoms with van der Waals surface area (Å²) in [6, 6.07) is 8.75. The van der Waals surface area contributed by atoms with Gasteiger partial charge in [0.05, 0.1) is 6.61 Å². The van der Waals surface area contributed by atoms with Crippen molar-refractivity contribution in [3.05, 3.63) is 35.4 Å². The number of benzene rings is 1. The number of esters is 1. The fourth-order valence-corrected chi connectivity index (χ4v) is 2.17. The zero-order valence-electron chi connectivity index (χ0n) is 11.0. The maximum atomic E-state index is 10.5. The van der Waals surface area contributed by atoms with Crippen molar-refractivity contribution < 1.29 is 9.53 Å². The van der Waals surface area contributed by atoms with Gasteiger partial charge in [0.25, 0.3) is 0 Å². The molecule has 0 saturated carbocycles. The molecule has 0 N–H and O–H groups in total. The Morgan fingerprint density at radius 1 is 1.06 bits per heavy atom. The lowest BCUT2D eigenvalue weighted by Gasteiger charge is -2.04. The topological polar surface area (TPSA) is 26.3 Å². The highest BCUT2D eigenvalue weighted by molar-refractivity contribution is 9.08. The second-order valence-electron chi connectivity index (χ2n) is 4.45. The molecule has 18 heavy (non-hydrogen) atoms. The van der Waals surface area contributed by atoms with Gasteiger partial charge in [0.2, 0.25) is 0 Å². The molecule has 2 nitrogen and oxygen atoms in total. The summed E-state index contributed by atoms with van der Waals surface area (Å²) in [5.74, 6) is -0.179. The molecule has 0 heterocycles. The fraction of sp³-hybridized carbons (Fsp3) is 0.533. The lowest BCUT2D eigenvalue weighted by molar-refractivity contribution is -0.141. The number of alkyl halides is 1. The van der Waals surface area contributed by atoms with E-state index >= 15 is 0 Å². The molecular formula is C15H21BrO2. The summed E-state index contributed by atoms with van der Waals surface area (Å²) in [4.78, 5) is 10.5. The molecule has 0 aromatic heterocycles. The van der Waals surface area contributed by atoms with Gasteiger partial charge in [-0.05, 0) is 30.4 Å². The zero-order valence-corrected chi connectivity index (χ0v) is 12.5. The third-order valence-corrected chi connectivity index (χ3v) is 3.49. The number of rotatable bonds is 8. The van der Waals surface area contributed by atoms with E-state index in [9.17, 15) is 4.79 Å². The largest absolute Gasteiger partial charge is 0.466 e. The van der Waals surface area contributed by atoms with Crippen molar-refractivity contribution in [2.24, 2.45) is 0 Å². The van der Waals surface area contributed by atoms with Crippen molar-refractivity contribution in [3.8, 4) is 0 Å². The lowest BCUT2D eigenvalue weighted by atomic mass is 10.1. The van der Waals surface area contributed by atoms with E-state index in [-0.39, 0.29) is 5.97 Å². The first-order valence-corrected chi connectivity index (χ1v) is 7.61. The molecule has 1 rings (SSSR count). The first kappa shape index (κ1) is 15.2. The quantitative estimate of drug-likeness (QED) is 0.407. The highest BCUT2D eigenvalue weighted by Gasteiger charge is 1.96. The van der Waals surface area contributed by atoms with E-state index in [1.165, 1.54) is 30.9 Å². The van der Waals surface area contributed by atoms with Gasteiger partial charge < -0.3 is 4.74 Å². The van der Waals surface area contributed by atoms with Crippen molar-refractivity contribution in [1.82, 2.24) is 0 Å². The van der Waals surface area contributed by atoms with Gasteiger partial charge in [-0.2, -0.15) is 0 Å². The molecule has 0 radical (unpaired) electrons. The zero-order chi connectivity index (χ0) is 13.2. The van der Waals surface area contributed by atoms with Gasteiger partial charge >= 0.3 is 5.97 Å². The molecule has 0 fully saturated rings. The molecule has 1 aromatic carbocycles. The Morgan fingerprint density at radius 2 is 1.67 bits per heavy atom. The van der Waals surface area contributed by atoms with E-state index < -0.39 is 0 Å². The molecule has 0 atom stereocenters.